The molecule has 138 valence electrons. The van der Waals surface area contributed by atoms with Crippen molar-refractivity contribution in [2.75, 3.05) is 32.7 Å². The van der Waals surface area contributed by atoms with Crippen LogP contribution in [0.15, 0.2) is 24.3 Å². The first-order valence-corrected chi connectivity index (χ1v) is 9.39. The number of halogens is 1. The van der Waals surface area contributed by atoms with E-state index in [1.165, 1.54) is 0 Å². The van der Waals surface area contributed by atoms with Crippen LogP contribution >= 0.6 is 11.6 Å². The lowest BCUT2D eigenvalue weighted by atomic mass is 9.81. The van der Waals surface area contributed by atoms with E-state index in [2.05, 4.69) is 0 Å². The summed E-state index contributed by atoms with van der Waals surface area (Å²) in [5, 5.41) is 0.612. The van der Waals surface area contributed by atoms with E-state index in [1.807, 2.05) is 23.6 Å². The molecular weight excluding hydrogens is 338 g/mol. The third-order valence-corrected chi connectivity index (χ3v) is 5.61. The molecule has 0 aromatic heterocycles. The highest BCUT2D eigenvalue weighted by Gasteiger charge is 2.37. The zero-order valence-electron chi connectivity index (χ0n) is 15.1. The fourth-order valence-electron chi connectivity index (χ4n) is 3.36. The van der Waals surface area contributed by atoms with Crippen LogP contribution in [0.2, 0.25) is 5.02 Å². The summed E-state index contributed by atoms with van der Waals surface area (Å²) in [6, 6.07) is 6.93. The minimum absolute atomic E-state index is 0.0120. The lowest BCUT2D eigenvalue weighted by Gasteiger charge is -2.34. The molecule has 5 nitrogen and oxygen atoms in total. The Kier molecular flexibility index (Phi) is 6.85. The predicted octanol–water partition coefficient (Wildman–Crippen LogP) is 2.78. The average Bonchev–Trinajstić information content (AvgIpc) is 2.89. The van der Waals surface area contributed by atoms with Gasteiger partial charge in [0.15, 0.2) is 0 Å². The summed E-state index contributed by atoms with van der Waals surface area (Å²) in [7, 11) is 0. The zero-order valence-corrected chi connectivity index (χ0v) is 15.9. The van der Waals surface area contributed by atoms with Crippen LogP contribution in [0.4, 0.5) is 0 Å². The largest absolute Gasteiger partial charge is 0.340 e. The number of hydrogen-bond donors (Lipinski definition) is 1. The first kappa shape index (κ1) is 19.7. The summed E-state index contributed by atoms with van der Waals surface area (Å²) in [6.45, 7) is 6.82. The SMILES string of the molecule is CCC(CC)(CN)C(=O)N1CCCN(C(=O)c2ccc(Cl)cc2)CC1. The molecule has 1 aliphatic rings. The molecule has 0 spiro atoms. The average molecular weight is 366 g/mol. The fourth-order valence-corrected chi connectivity index (χ4v) is 3.49. The number of benzene rings is 1. The molecule has 25 heavy (non-hydrogen) atoms. The Hall–Kier alpha value is -1.59. The molecule has 0 atom stereocenters. The number of hydrogen-bond acceptors (Lipinski definition) is 3. The maximum atomic E-state index is 13.0. The summed E-state index contributed by atoms with van der Waals surface area (Å²) in [4.78, 5) is 29.3. The number of nitrogens with two attached hydrogens (primary N) is 1. The molecule has 1 aliphatic heterocycles. The van der Waals surface area contributed by atoms with Gasteiger partial charge in [-0.1, -0.05) is 25.4 Å². The third-order valence-electron chi connectivity index (χ3n) is 5.36. The molecule has 0 bridgehead atoms. The Morgan fingerprint density at radius 3 is 2.16 bits per heavy atom. The van der Waals surface area contributed by atoms with E-state index < -0.39 is 5.41 Å². The van der Waals surface area contributed by atoms with Gasteiger partial charge in [-0.05, 0) is 43.5 Å². The molecule has 1 heterocycles. The number of rotatable bonds is 5. The van der Waals surface area contributed by atoms with Crippen molar-refractivity contribution >= 4 is 23.4 Å². The normalized spacial score (nSPS) is 15.8. The Morgan fingerprint density at radius 2 is 1.60 bits per heavy atom. The van der Waals surface area contributed by atoms with Crippen molar-refractivity contribution < 1.29 is 9.59 Å². The maximum Gasteiger partial charge on any atom is 0.253 e. The molecule has 2 rings (SSSR count). The van der Waals surface area contributed by atoms with E-state index >= 15 is 0 Å². The minimum Gasteiger partial charge on any atom is -0.340 e. The number of carbonyl (C=O) groups excluding carboxylic acids is 2. The second-order valence-electron chi connectivity index (χ2n) is 6.64. The standard InChI is InChI=1S/C19H28ClN3O2/c1-3-19(4-2,14-21)18(25)23-11-5-10-22(12-13-23)17(24)15-6-8-16(20)9-7-15/h6-9H,3-5,10-14,21H2,1-2H3. The second-order valence-corrected chi connectivity index (χ2v) is 7.07. The van der Waals surface area contributed by atoms with Crippen molar-refractivity contribution in [2.45, 2.75) is 33.1 Å². The van der Waals surface area contributed by atoms with Crippen LogP contribution in [0, 0.1) is 5.41 Å². The van der Waals surface area contributed by atoms with Crippen molar-refractivity contribution in [3.63, 3.8) is 0 Å². The van der Waals surface area contributed by atoms with Crippen LogP contribution in [0.5, 0.6) is 0 Å². The highest BCUT2D eigenvalue weighted by Crippen LogP contribution is 2.28. The van der Waals surface area contributed by atoms with E-state index in [0.717, 1.165) is 19.3 Å². The van der Waals surface area contributed by atoms with Crippen molar-refractivity contribution in [3.8, 4) is 0 Å². The third kappa shape index (κ3) is 4.33. The molecule has 1 aromatic carbocycles. The summed E-state index contributed by atoms with van der Waals surface area (Å²) in [6.07, 6.45) is 2.25. The van der Waals surface area contributed by atoms with Gasteiger partial charge in [0.05, 0.1) is 5.41 Å². The van der Waals surface area contributed by atoms with E-state index in [1.54, 1.807) is 24.3 Å². The van der Waals surface area contributed by atoms with Crippen LogP contribution in [0.3, 0.4) is 0 Å². The van der Waals surface area contributed by atoms with E-state index in [9.17, 15) is 9.59 Å². The van der Waals surface area contributed by atoms with Gasteiger partial charge in [-0.2, -0.15) is 0 Å². The van der Waals surface area contributed by atoms with Crippen LogP contribution in [0.1, 0.15) is 43.5 Å². The molecule has 1 aromatic rings. The molecule has 1 fully saturated rings. The fraction of sp³-hybridized carbons (Fsp3) is 0.579. The molecule has 6 heteroatoms. The Labute approximate surface area is 155 Å². The van der Waals surface area contributed by atoms with Gasteiger partial charge in [0.1, 0.15) is 0 Å². The Balaban J connectivity index is 2.05. The van der Waals surface area contributed by atoms with Crippen LogP contribution in [0.25, 0.3) is 0 Å². The highest BCUT2D eigenvalue weighted by molar-refractivity contribution is 6.30. The van der Waals surface area contributed by atoms with E-state index in [0.29, 0.717) is 43.3 Å². The first-order valence-electron chi connectivity index (χ1n) is 9.01. The van der Waals surface area contributed by atoms with Crippen molar-refractivity contribution in [1.82, 2.24) is 9.80 Å². The molecule has 0 radical (unpaired) electrons. The molecule has 0 saturated carbocycles. The summed E-state index contributed by atoms with van der Waals surface area (Å²) in [5.41, 5.74) is 6.07. The Bertz CT molecular complexity index is 591. The van der Waals surface area contributed by atoms with Crippen molar-refractivity contribution in [3.05, 3.63) is 34.9 Å². The quantitative estimate of drug-likeness (QED) is 0.872. The van der Waals surface area contributed by atoms with Crippen LogP contribution in [-0.4, -0.2) is 54.3 Å². The van der Waals surface area contributed by atoms with Gasteiger partial charge in [0.25, 0.3) is 5.91 Å². The van der Waals surface area contributed by atoms with Gasteiger partial charge in [0, 0.05) is 43.3 Å². The zero-order chi connectivity index (χ0) is 18.4. The van der Waals surface area contributed by atoms with E-state index in [4.69, 9.17) is 17.3 Å². The maximum absolute atomic E-state index is 13.0. The smallest absolute Gasteiger partial charge is 0.253 e. The molecule has 1 saturated heterocycles. The minimum atomic E-state index is -0.477. The lowest BCUT2D eigenvalue weighted by molar-refractivity contribution is -0.142. The Morgan fingerprint density at radius 1 is 1.04 bits per heavy atom. The summed E-state index contributed by atoms with van der Waals surface area (Å²) >= 11 is 5.89. The van der Waals surface area contributed by atoms with Gasteiger partial charge >= 0.3 is 0 Å². The number of amides is 2. The summed E-state index contributed by atoms with van der Waals surface area (Å²) in [5.74, 6) is 0.114. The van der Waals surface area contributed by atoms with Gasteiger partial charge in [0.2, 0.25) is 5.91 Å². The van der Waals surface area contributed by atoms with E-state index in [-0.39, 0.29) is 11.8 Å². The molecule has 0 aliphatic carbocycles. The monoisotopic (exact) mass is 365 g/mol. The van der Waals surface area contributed by atoms with Gasteiger partial charge in [-0.3, -0.25) is 9.59 Å². The lowest BCUT2D eigenvalue weighted by Crippen LogP contribution is -2.48. The van der Waals surface area contributed by atoms with Gasteiger partial charge in [-0.25, -0.2) is 0 Å². The second kappa shape index (κ2) is 8.68. The molecule has 2 N–H and O–H groups in total. The summed E-state index contributed by atoms with van der Waals surface area (Å²) < 4.78 is 0. The highest BCUT2D eigenvalue weighted by atomic mass is 35.5. The number of nitrogens with zero attached hydrogens (tertiary/aromatic N) is 2. The molecule has 0 unspecified atom stereocenters. The van der Waals surface area contributed by atoms with Gasteiger partial charge < -0.3 is 15.5 Å². The predicted molar refractivity (Wildman–Crippen MR) is 101 cm³/mol. The van der Waals surface area contributed by atoms with Crippen LogP contribution in [-0.2, 0) is 4.79 Å². The molecular formula is C19H28ClN3O2. The van der Waals surface area contributed by atoms with Crippen molar-refractivity contribution in [2.24, 2.45) is 11.1 Å². The van der Waals surface area contributed by atoms with Crippen molar-refractivity contribution in [1.29, 1.82) is 0 Å². The van der Waals surface area contributed by atoms with Gasteiger partial charge in [-0.15, -0.1) is 0 Å². The first-order chi connectivity index (χ1) is 12.0. The van der Waals surface area contributed by atoms with Crippen LogP contribution < -0.4 is 5.73 Å². The molecule has 2 amide bonds. The number of carbonyl (C=O) groups is 2. The topological polar surface area (TPSA) is 66.6 Å².